The minimum Gasteiger partial charge on any atom is -0.528 e. The summed E-state index contributed by atoms with van der Waals surface area (Å²) >= 11 is 1.40. The second kappa shape index (κ2) is 11.5. The van der Waals surface area contributed by atoms with Gasteiger partial charge in [-0.05, 0) is 53.4 Å². The van der Waals surface area contributed by atoms with Gasteiger partial charge in [0.05, 0.1) is 25.6 Å². The Labute approximate surface area is 249 Å². The zero-order valence-electron chi connectivity index (χ0n) is 23.3. The molecule has 0 saturated heterocycles. The number of aryl methyl sites for hydroxylation is 1. The number of thiophene rings is 1. The van der Waals surface area contributed by atoms with Crippen LogP contribution in [0.2, 0.25) is 0 Å². The van der Waals surface area contributed by atoms with E-state index in [0.717, 1.165) is 26.1 Å². The molecule has 0 fully saturated rings. The number of methoxy groups -OCH3 is 1. The summed E-state index contributed by atoms with van der Waals surface area (Å²) in [7, 11) is 1.53. The standard InChI is InChI=1S/C32H26N4O6S/c1-3-23-16-26-29(38)35(18-27(37)21-12-14-22(41-2)15-13-21)32(40)36(30(26)43-23)17-19-8-10-20(11-9-19)24-6-4-5-7-25(24)28-33-31(39)42-34-28/h4-16H,3,17-18H2,1-2H3,(H,33,34,39)/p-1. The third kappa shape index (κ3) is 5.38. The van der Waals surface area contributed by atoms with E-state index in [1.54, 1.807) is 34.9 Å². The van der Waals surface area contributed by atoms with E-state index in [2.05, 4.69) is 14.7 Å². The van der Waals surface area contributed by atoms with Crippen LogP contribution in [0.25, 0.3) is 32.7 Å². The molecule has 6 aromatic rings. The third-order valence-electron chi connectivity index (χ3n) is 7.19. The Morgan fingerprint density at radius 3 is 2.35 bits per heavy atom. The van der Waals surface area contributed by atoms with E-state index in [4.69, 9.17) is 4.74 Å². The van der Waals surface area contributed by atoms with Gasteiger partial charge in [0, 0.05) is 16.0 Å². The lowest BCUT2D eigenvalue weighted by Crippen LogP contribution is -2.41. The molecule has 43 heavy (non-hydrogen) atoms. The molecule has 0 saturated carbocycles. The maximum atomic E-state index is 13.8. The molecule has 0 N–H and O–H groups in total. The van der Waals surface area contributed by atoms with Gasteiger partial charge < -0.3 is 14.4 Å². The molecule has 0 aliphatic rings. The van der Waals surface area contributed by atoms with Gasteiger partial charge in [0.1, 0.15) is 10.6 Å². The average Bonchev–Trinajstić information content (AvgIpc) is 3.68. The van der Waals surface area contributed by atoms with E-state index in [1.165, 1.54) is 18.4 Å². The minimum atomic E-state index is -0.760. The first kappa shape index (κ1) is 27.9. The second-order valence-electron chi connectivity index (χ2n) is 9.82. The topological polar surface area (TPSA) is 132 Å². The summed E-state index contributed by atoms with van der Waals surface area (Å²) in [6.07, 6.45) is -0.0520. The molecule has 3 aromatic carbocycles. The number of Topliss-reactive ketones (excluding diaryl/α,β-unsaturated/α-hetero) is 1. The molecule has 3 heterocycles. The quantitative estimate of drug-likeness (QED) is 0.224. The van der Waals surface area contributed by atoms with Crippen LogP contribution < -0.4 is 21.1 Å². The van der Waals surface area contributed by atoms with E-state index in [-0.39, 0.29) is 24.7 Å². The Kier molecular flexibility index (Phi) is 7.47. The molecule has 0 bridgehead atoms. The molecule has 3 aromatic heterocycles. The Morgan fingerprint density at radius 2 is 1.70 bits per heavy atom. The van der Waals surface area contributed by atoms with Crippen molar-refractivity contribution in [3.63, 3.8) is 0 Å². The molecule has 0 aliphatic carbocycles. The summed E-state index contributed by atoms with van der Waals surface area (Å²) in [5, 5.41) is 15.6. The molecule has 11 heteroatoms. The zero-order chi connectivity index (χ0) is 30.1. The third-order valence-corrected chi connectivity index (χ3v) is 8.49. The second-order valence-corrected chi connectivity index (χ2v) is 10.9. The van der Waals surface area contributed by atoms with Gasteiger partial charge in [-0.15, -0.1) is 11.3 Å². The SMILES string of the molecule is CCc1cc2c(=O)n(CC(=O)c3ccc(OC)cc3)c(=O)n(Cc3ccc(-c4ccccc4-c4noc([O-])n4)cc3)c2s1. The number of ether oxygens (including phenoxy) is 1. The highest BCUT2D eigenvalue weighted by atomic mass is 32.1. The molecule has 0 radical (unpaired) electrons. The van der Waals surface area contributed by atoms with Gasteiger partial charge in [0.15, 0.2) is 17.7 Å². The van der Waals surface area contributed by atoms with Crippen molar-refractivity contribution in [1.82, 2.24) is 19.3 Å². The van der Waals surface area contributed by atoms with Crippen molar-refractivity contribution in [2.75, 3.05) is 7.11 Å². The highest BCUT2D eigenvalue weighted by Crippen LogP contribution is 2.31. The van der Waals surface area contributed by atoms with Crippen LogP contribution in [0.1, 0.15) is 27.7 Å². The molecular formula is C32H25N4O6S-. The number of ketones is 1. The van der Waals surface area contributed by atoms with Crippen LogP contribution in [0.3, 0.4) is 0 Å². The van der Waals surface area contributed by atoms with E-state index >= 15 is 0 Å². The van der Waals surface area contributed by atoms with Gasteiger partial charge in [-0.2, -0.15) is 5.16 Å². The van der Waals surface area contributed by atoms with Crippen LogP contribution in [0, 0.1) is 0 Å². The summed E-state index contributed by atoms with van der Waals surface area (Å²) < 4.78 is 12.4. The lowest BCUT2D eigenvalue weighted by molar-refractivity contribution is -0.303. The number of benzene rings is 3. The zero-order valence-corrected chi connectivity index (χ0v) is 24.1. The number of carbonyl (C=O) groups is 1. The highest BCUT2D eigenvalue weighted by Gasteiger charge is 2.19. The molecule has 6 rings (SSSR count). The smallest absolute Gasteiger partial charge is 0.332 e. The van der Waals surface area contributed by atoms with Crippen molar-refractivity contribution < 1.29 is 19.2 Å². The fraction of sp³-hybridized carbons (Fsp3) is 0.156. The van der Waals surface area contributed by atoms with Crippen LogP contribution in [-0.2, 0) is 19.5 Å². The van der Waals surface area contributed by atoms with Gasteiger partial charge in [0.2, 0.25) is 0 Å². The number of aromatic nitrogens is 4. The number of rotatable bonds is 9. The van der Waals surface area contributed by atoms with Crippen LogP contribution >= 0.6 is 11.3 Å². The lowest BCUT2D eigenvalue weighted by Gasteiger charge is -2.13. The maximum absolute atomic E-state index is 13.8. The number of fused-ring (bicyclic) bond motifs is 1. The van der Waals surface area contributed by atoms with Crippen molar-refractivity contribution >= 4 is 27.3 Å². The number of hydrogen-bond donors (Lipinski definition) is 0. The van der Waals surface area contributed by atoms with Crippen molar-refractivity contribution in [3.05, 3.63) is 116 Å². The van der Waals surface area contributed by atoms with Gasteiger partial charge in [0.25, 0.3) is 5.56 Å². The number of nitrogens with zero attached hydrogens (tertiary/aromatic N) is 4. The summed E-state index contributed by atoms with van der Waals surface area (Å²) in [6.45, 7) is 1.80. The Balaban J connectivity index is 1.36. The van der Waals surface area contributed by atoms with E-state index < -0.39 is 17.3 Å². The highest BCUT2D eigenvalue weighted by molar-refractivity contribution is 7.18. The van der Waals surface area contributed by atoms with Crippen molar-refractivity contribution in [2.24, 2.45) is 0 Å². The summed E-state index contributed by atoms with van der Waals surface area (Å²) in [5.41, 5.74) is 2.48. The van der Waals surface area contributed by atoms with Crippen LogP contribution in [0.4, 0.5) is 0 Å². The Hall–Kier alpha value is -5.29. The summed E-state index contributed by atoms with van der Waals surface area (Å²) in [5.74, 6) is 0.450. The molecule has 0 spiro atoms. The minimum absolute atomic E-state index is 0.197. The predicted octanol–water partition coefficient (Wildman–Crippen LogP) is 4.52. The van der Waals surface area contributed by atoms with Crippen molar-refractivity contribution in [2.45, 2.75) is 26.4 Å². The summed E-state index contributed by atoms with van der Waals surface area (Å²) in [4.78, 5) is 45.7. The first-order chi connectivity index (χ1) is 20.9. The van der Waals surface area contributed by atoms with Crippen LogP contribution in [0.5, 0.6) is 11.8 Å². The van der Waals surface area contributed by atoms with E-state index in [0.29, 0.717) is 33.5 Å². The van der Waals surface area contributed by atoms with Crippen LogP contribution in [0.15, 0.2) is 93.0 Å². The van der Waals surface area contributed by atoms with Crippen LogP contribution in [-0.4, -0.2) is 32.2 Å². The van der Waals surface area contributed by atoms with Gasteiger partial charge in [-0.1, -0.05) is 55.5 Å². The van der Waals surface area contributed by atoms with E-state index in [1.807, 2.05) is 55.5 Å². The largest absolute Gasteiger partial charge is 0.528 e. The molecule has 0 atom stereocenters. The lowest BCUT2D eigenvalue weighted by atomic mass is 9.98. The van der Waals surface area contributed by atoms with Gasteiger partial charge in [-0.25, -0.2) is 9.78 Å². The molecule has 216 valence electrons. The Bertz CT molecular complexity index is 2070. The molecule has 0 amide bonds. The first-order valence-corrected chi connectivity index (χ1v) is 14.3. The van der Waals surface area contributed by atoms with Gasteiger partial charge in [-0.3, -0.25) is 18.7 Å². The van der Waals surface area contributed by atoms with Gasteiger partial charge >= 0.3 is 5.69 Å². The average molecular weight is 594 g/mol. The number of carbonyl (C=O) groups excluding carboxylic acids is 1. The molecular weight excluding hydrogens is 568 g/mol. The Morgan fingerprint density at radius 1 is 0.977 bits per heavy atom. The molecule has 10 nitrogen and oxygen atoms in total. The maximum Gasteiger partial charge on any atom is 0.332 e. The fourth-order valence-corrected chi connectivity index (χ4v) is 6.01. The monoisotopic (exact) mass is 593 g/mol. The van der Waals surface area contributed by atoms with Crippen molar-refractivity contribution in [1.29, 1.82) is 0 Å². The fourth-order valence-electron chi connectivity index (χ4n) is 4.94. The predicted molar refractivity (Wildman–Crippen MR) is 161 cm³/mol. The first-order valence-electron chi connectivity index (χ1n) is 13.5. The van der Waals surface area contributed by atoms with Crippen molar-refractivity contribution in [3.8, 4) is 34.3 Å². The van der Waals surface area contributed by atoms with E-state index in [9.17, 15) is 19.5 Å². The normalized spacial score (nSPS) is 11.2. The molecule has 0 unspecified atom stereocenters. The number of hydrogen-bond acceptors (Lipinski definition) is 9. The summed E-state index contributed by atoms with van der Waals surface area (Å²) in [6, 6.07) is 23.4. The molecule has 0 aliphatic heterocycles.